The van der Waals surface area contributed by atoms with Gasteiger partial charge in [-0.3, -0.25) is 0 Å². The monoisotopic (exact) mass is 314 g/mol. The van der Waals surface area contributed by atoms with Gasteiger partial charge in [0, 0.05) is 5.56 Å². The predicted octanol–water partition coefficient (Wildman–Crippen LogP) is 3.45. The molecule has 0 unspecified atom stereocenters. The molecule has 0 aliphatic heterocycles. The Hall–Kier alpha value is -1.57. The number of hydrogen-bond acceptors (Lipinski definition) is 3. The maximum atomic E-state index is 11.4. The second-order valence-corrected chi connectivity index (χ2v) is 5.83. The Kier molecular flexibility index (Phi) is 5.55. The Morgan fingerprint density at radius 2 is 1.90 bits per heavy atom. The quantitative estimate of drug-likeness (QED) is 0.616. The molecule has 1 rings (SSSR count). The van der Waals surface area contributed by atoms with Gasteiger partial charge in [-0.25, -0.2) is 4.79 Å². The summed E-state index contributed by atoms with van der Waals surface area (Å²) < 4.78 is 5.07. The first-order valence-corrected chi connectivity index (χ1v) is 6.65. The van der Waals surface area contributed by atoms with E-state index in [1.165, 1.54) is 0 Å². The van der Waals surface area contributed by atoms with E-state index in [0.29, 0.717) is 21.3 Å². The number of nitrogens with one attached hydrogen (secondary N) is 1. The fourth-order valence-corrected chi connectivity index (χ4v) is 1.72. The molecule has 6 heteroatoms. The summed E-state index contributed by atoms with van der Waals surface area (Å²) in [5.74, 6) is 5.60. The summed E-state index contributed by atoms with van der Waals surface area (Å²) in [7, 11) is 0. The highest BCUT2D eigenvalue weighted by atomic mass is 35.5. The molecular weight excluding hydrogens is 299 g/mol. The average molecular weight is 315 g/mol. The van der Waals surface area contributed by atoms with E-state index < -0.39 is 11.7 Å². The smallest absolute Gasteiger partial charge is 0.408 e. The van der Waals surface area contributed by atoms with Gasteiger partial charge in [0.1, 0.15) is 5.60 Å². The molecule has 0 radical (unpaired) electrons. The van der Waals surface area contributed by atoms with Crippen LogP contribution >= 0.6 is 23.2 Å². The maximum Gasteiger partial charge on any atom is 0.408 e. The Labute approximate surface area is 128 Å². The van der Waals surface area contributed by atoms with Crippen molar-refractivity contribution in [2.45, 2.75) is 26.4 Å². The highest BCUT2D eigenvalue weighted by molar-refractivity contribution is 6.39. The summed E-state index contributed by atoms with van der Waals surface area (Å²) in [6.07, 6.45) is -0.514. The maximum absolute atomic E-state index is 11.4. The van der Waals surface area contributed by atoms with Crippen LogP contribution in [0.15, 0.2) is 12.1 Å². The molecule has 0 atom stereocenters. The Bertz CT molecular complexity index is 546. The molecule has 0 aliphatic rings. The van der Waals surface area contributed by atoms with Crippen LogP contribution in [0.2, 0.25) is 10.0 Å². The molecule has 1 amide bonds. The predicted molar refractivity (Wildman–Crippen MR) is 82.0 cm³/mol. The number of nitrogen functional groups attached to an aromatic ring is 1. The number of carbonyl (C=O) groups is 1. The third kappa shape index (κ3) is 5.60. The molecule has 0 bridgehead atoms. The summed E-state index contributed by atoms with van der Waals surface area (Å²) in [5.41, 5.74) is 6.04. The van der Waals surface area contributed by atoms with Crippen LogP contribution in [0, 0.1) is 11.8 Å². The fourth-order valence-electron chi connectivity index (χ4n) is 1.23. The first kappa shape index (κ1) is 16.5. The van der Waals surface area contributed by atoms with Crippen molar-refractivity contribution < 1.29 is 9.53 Å². The van der Waals surface area contributed by atoms with Gasteiger partial charge < -0.3 is 15.8 Å². The zero-order valence-corrected chi connectivity index (χ0v) is 13.0. The van der Waals surface area contributed by atoms with Gasteiger partial charge in [0.15, 0.2) is 0 Å². The highest BCUT2D eigenvalue weighted by Gasteiger charge is 2.15. The lowest BCUT2D eigenvalue weighted by Crippen LogP contribution is -2.32. The third-order valence-corrected chi connectivity index (χ3v) is 2.66. The summed E-state index contributed by atoms with van der Waals surface area (Å²) in [4.78, 5) is 11.4. The lowest BCUT2D eigenvalue weighted by molar-refractivity contribution is 0.0535. The summed E-state index contributed by atoms with van der Waals surface area (Å²) >= 11 is 11.8. The lowest BCUT2D eigenvalue weighted by atomic mass is 10.2. The van der Waals surface area contributed by atoms with Crippen molar-refractivity contribution in [3.8, 4) is 11.8 Å². The van der Waals surface area contributed by atoms with E-state index in [-0.39, 0.29) is 6.54 Å². The van der Waals surface area contributed by atoms with Crippen molar-refractivity contribution in [2.75, 3.05) is 12.3 Å². The van der Waals surface area contributed by atoms with Crippen molar-refractivity contribution in [3.63, 3.8) is 0 Å². The van der Waals surface area contributed by atoms with Crippen molar-refractivity contribution in [3.05, 3.63) is 27.7 Å². The molecule has 20 heavy (non-hydrogen) atoms. The van der Waals surface area contributed by atoms with Crippen molar-refractivity contribution in [1.29, 1.82) is 0 Å². The fraction of sp³-hybridized carbons (Fsp3) is 0.357. The molecule has 0 spiro atoms. The second-order valence-electron chi connectivity index (χ2n) is 5.01. The highest BCUT2D eigenvalue weighted by Crippen LogP contribution is 2.28. The summed E-state index contributed by atoms with van der Waals surface area (Å²) in [5, 5.41) is 3.22. The van der Waals surface area contributed by atoms with Crippen LogP contribution in [0.25, 0.3) is 0 Å². The lowest BCUT2D eigenvalue weighted by Gasteiger charge is -2.19. The van der Waals surface area contributed by atoms with E-state index >= 15 is 0 Å². The molecule has 0 saturated heterocycles. The number of carbonyl (C=O) groups excluding carboxylic acids is 1. The van der Waals surface area contributed by atoms with Gasteiger partial charge in [-0.2, -0.15) is 0 Å². The van der Waals surface area contributed by atoms with Gasteiger partial charge in [0.2, 0.25) is 0 Å². The number of hydrogen-bond donors (Lipinski definition) is 2. The molecule has 1 aromatic carbocycles. The summed E-state index contributed by atoms with van der Waals surface area (Å²) in [6.45, 7) is 5.53. The zero-order valence-electron chi connectivity index (χ0n) is 11.5. The normalized spacial score (nSPS) is 10.4. The third-order valence-electron chi connectivity index (χ3n) is 2.03. The Morgan fingerprint density at radius 1 is 1.35 bits per heavy atom. The number of alkyl carbamates (subject to hydrolysis) is 1. The number of nitrogens with two attached hydrogens (primary N) is 1. The Balaban J connectivity index is 2.58. The SMILES string of the molecule is CC(C)(C)OC(=O)NCC#Cc1cc(Cl)c(N)c(Cl)c1. The molecule has 4 nitrogen and oxygen atoms in total. The van der Waals surface area contributed by atoms with E-state index in [4.69, 9.17) is 33.7 Å². The second kappa shape index (κ2) is 6.74. The molecule has 108 valence electrons. The molecule has 1 aromatic rings. The van der Waals surface area contributed by atoms with Gasteiger partial charge in [-0.15, -0.1) is 0 Å². The zero-order chi connectivity index (χ0) is 15.3. The molecular formula is C14H16Cl2N2O2. The summed E-state index contributed by atoms with van der Waals surface area (Å²) in [6, 6.07) is 3.23. The van der Waals surface area contributed by atoms with Crippen LogP contribution in [0.5, 0.6) is 0 Å². The van der Waals surface area contributed by atoms with Gasteiger partial charge >= 0.3 is 6.09 Å². The van der Waals surface area contributed by atoms with Crippen LogP contribution in [0.4, 0.5) is 10.5 Å². The Morgan fingerprint density at radius 3 is 2.40 bits per heavy atom. The van der Waals surface area contributed by atoms with Crippen molar-refractivity contribution >= 4 is 35.0 Å². The number of benzene rings is 1. The first-order valence-electron chi connectivity index (χ1n) is 5.89. The minimum atomic E-state index is -0.532. The van der Waals surface area contributed by atoms with Crippen LogP contribution in [0.1, 0.15) is 26.3 Å². The molecule has 0 fully saturated rings. The minimum Gasteiger partial charge on any atom is -0.444 e. The van der Waals surface area contributed by atoms with E-state index in [1.807, 2.05) is 0 Å². The number of rotatable bonds is 1. The van der Waals surface area contributed by atoms with E-state index in [9.17, 15) is 4.79 Å². The van der Waals surface area contributed by atoms with Crippen LogP contribution in [-0.4, -0.2) is 18.2 Å². The average Bonchev–Trinajstić information content (AvgIpc) is 2.29. The van der Waals surface area contributed by atoms with Gasteiger partial charge in [0.25, 0.3) is 0 Å². The molecule has 0 aliphatic carbocycles. The van der Waals surface area contributed by atoms with Gasteiger partial charge in [-0.05, 0) is 32.9 Å². The van der Waals surface area contributed by atoms with E-state index in [1.54, 1.807) is 32.9 Å². The largest absolute Gasteiger partial charge is 0.444 e. The van der Waals surface area contributed by atoms with Gasteiger partial charge in [0.05, 0.1) is 22.3 Å². The van der Waals surface area contributed by atoms with Crippen molar-refractivity contribution in [2.24, 2.45) is 0 Å². The number of ether oxygens (including phenoxy) is 1. The van der Waals surface area contributed by atoms with Gasteiger partial charge in [-0.1, -0.05) is 35.0 Å². The topological polar surface area (TPSA) is 64.3 Å². The van der Waals surface area contributed by atoms with Crippen LogP contribution in [0.3, 0.4) is 0 Å². The minimum absolute atomic E-state index is 0.161. The van der Waals surface area contributed by atoms with E-state index in [0.717, 1.165) is 0 Å². The standard InChI is InChI=1S/C14H16Cl2N2O2/c1-14(2,3)20-13(19)18-6-4-5-9-7-10(15)12(17)11(16)8-9/h7-8H,6,17H2,1-3H3,(H,18,19). The number of amides is 1. The van der Waals surface area contributed by atoms with Crippen LogP contribution < -0.4 is 11.1 Å². The van der Waals surface area contributed by atoms with Crippen molar-refractivity contribution in [1.82, 2.24) is 5.32 Å². The van der Waals surface area contributed by atoms with E-state index in [2.05, 4.69) is 17.2 Å². The number of halogens is 2. The van der Waals surface area contributed by atoms with Crippen LogP contribution in [-0.2, 0) is 4.74 Å². The first-order chi connectivity index (χ1) is 9.19. The molecule has 0 saturated carbocycles. The molecule has 0 aromatic heterocycles. The molecule has 0 heterocycles. The number of anilines is 1. The molecule has 3 N–H and O–H groups in total.